The van der Waals surface area contributed by atoms with Gasteiger partial charge in [0.25, 0.3) is 0 Å². The first-order valence-corrected chi connectivity index (χ1v) is 8.41. The van der Waals surface area contributed by atoms with Gasteiger partial charge >= 0.3 is 0 Å². The summed E-state index contributed by atoms with van der Waals surface area (Å²) in [5.41, 5.74) is 0. The first-order chi connectivity index (χ1) is 10.2. The van der Waals surface area contributed by atoms with Gasteiger partial charge in [-0.05, 0) is 47.4 Å². The van der Waals surface area contributed by atoms with Crippen LogP contribution < -0.4 is 10.1 Å². The molecule has 21 heavy (non-hydrogen) atoms. The number of hydrogen-bond acceptors (Lipinski definition) is 3. The highest BCUT2D eigenvalue weighted by molar-refractivity contribution is 9.10. The van der Waals surface area contributed by atoms with Crippen LogP contribution in [0.3, 0.4) is 0 Å². The van der Waals surface area contributed by atoms with Crippen LogP contribution >= 0.6 is 15.9 Å². The van der Waals surface area contributed by atoms with Gasteiger partial charge in [-0.1, -0.05) is 13.8 Å². The second kappa shape index (κ2) is 8.11. The summed E-state index contributed by atoms with van der Waals surface area (Å²) in [6, 6.07) is 5.18. The maximum atomic E-state index is 13.5. The number of rotatable bonds is 8. The van der Waals surface area contributed by atoms with Crippen LogP contribution in [0.5, 0.6) is 5.75 Å². The second-order valence-electron chi connectivity index (χ2n) is 5.36. The van der Waals surface area contributed by atoms with Gasteiger partial charge in [-0.2, -0.15) is 0 Å². The van der Waals surface area contributed by atoms with Crippen LogP contribution in [0, 0.1) is 5.82 Å². The number of benzene rings is 1. The van der Waals surface area contributed by atoms with E-state index in [0.717, 1.165) is 32.4 Å². The van der Waals surface area contributed by atoms with Crippen molar-refractivity contribution in [2.75, 3.05) is 13.2 Å². The molecule has 0 aliphatic heterocycles. The lowest BCUT2D eigenvalue weighted by Crippen LogP contribution is -2.61. The fourth-order valence-corrected chi connectivity index (χ4v) is 2.68. The SMILES string of the molecule is CCCNC1CC(Oc2ccc(Br)c(F)c2)C1OCCC. The van der Waals surface area contributed by atoms with Crippen molar-refractivity contribution in [3.8, 4) is 5.75 Å². The van der Waals surface area contributed by atoms with E-state index in [9.17, 15) is 4.39 Å². The maximum absolute atomic E-state index is 13.5. The Labute approximate surface area is 134 Å². The van der Waals surface area contributed by atoms with E-state index in [0.29, 0.717) is 16.3 Å². The molecule has 1 aliphatic carbocycles. The highest BCUT2D eigenvalue weighted by Crippen LogP contribution is 2.30. The summed E-state index contributed by atoms with van der Waals surface area (Å²) in [5, 5.41) is 3.48. The number of nitrogens with one attached hydrogen (secondary N) is 1. The Balaban J connectivity index is 1.93. The van der Waals surface area contributed by atoms with Crippen molar-refractivity contribution in [3.05, 3.63) is 28.5 Å². The third-order valence-electron chi connectivity index (χ3n) is 3.60. The maximum Gasteiger partial charge on any atom is 0.141 e. The molecular formula is C16H23BrFNO2. The standard InChI is InChI=1S/C16H23BrFNO2/c1-3-7-19-14-10-15(16(14)20-8-4-2)21-11-5-6-12(17)13(18)9-11/h5-6,9,14-16,19H,3-4,7-8,10H2,1-2H3. The van der Waals surface area contributed by atoms with Gasteiger partial charge in [0.05, 0.1) is 4.47 Å². The first-order valence-electron chi connectivity index (χ1n) is 7.62. The smallest absolute Gasteiger partial charge is 0.141 e. The molecule has 0 amide bonds. The lowest BCUT2D eigenvalue weighted by Gasteiger charge is -2.44. The molecule has 1 aromatic carbocycles. The average Bonchev–Trinajstić information content (AvgIpc) is 2.46. The minimum Gasteiger partial charge on any atom is -0.487 e. The van der Waals surface area contributed by atoms with Gasteiger partial charge in [-0.15, -0.1) is 0 Å². The average molecular weight is 360 g/mol. The van der Waals surface area contributed by atoms with Crippen LogP contribution in [0.25, 0.3) is 0 Å². The summed E-state index contributed by atoms with van der Waals surface area (Å²) in [7, 11) is 0. The Morgan fingerprint density at radius 2 is 2.14 bits per heavy atom. The molecule has 0 bridgehead atoms. The van der Waals surface area contributed by atoms with Crippen molar-refractivity contribution in [3.63, 3.8) is 0 Å². The molecule has 118 valence electrons. The molecule has 3 nitrogen and oxygen atoms in total. The largest absolute Gasteiger partial charge is 0.487 e. The van der Waals surface area contributed by atoms with E-state index in [1.807, 2.05) is 0 Å². The summed E-state index contributed by atoms with van der Waals surface area (Å²) >= 11 is 3.15. The fourth-order valence-electron chi connectivity index (χ4n) is 2.43. The molecule has 1 aromatic rings. The Morgan fingerprint density at radius 1 is 1.33 bits per heavy atom. The summed E-state index contributed by atoms with van der Waals surface area (Å²) in [6.45, 7) is 5.94. The van der Waals surface area contributed by atoms with Crippen molar-refractivity contribution in [1.82, 2.24) is 5.32 Å². The van der Waals surface area contributed by atoms with Crippen LogP contribution in [0.2, 0.25) is 0 Å². The number of ether oxygens (including phenoxy) is 2. The molecule has 0 radical (unpaired) electrons. The minimum absolute atomic E-state index is 0.00789. The zero-order valence-electron chi connectivity index (χ0n) is 12.6. The Bertz CT molecular complexity index is 458. The second-order valence-corrected chi connectivity index (χ2v) is 6.22. The van der Waals surface area contributed by atoms with E-state index in [4.69, 9.17) is 9.47 Å². The number of halogens is 2. The molecular weight excluding hydrogens is 337 g/mol. The van der Waals surface area contributed by atoms with E-state index >= 15 is 0 Å². The monoisotopic (exact) mass is 359 g/mol. The predicted octanol–water partition coefficient (Wildman–Crippen LogP) is 3.90. The molecule has 0 heterocycles. The summed E-state index contributed by atoms with van der Waals surface area (Å²) in [6.07, 6.45) is 3.01. The van der Waals surface area contributed by atoms with Crippen LogP contribution in [0.15, 0.2) is 22.7 Å². The molecule has 1 N–H and O–H groups in total. The van der Waals surface area contributed by atoms with Crippen molar-refractivity contribution < 1.29 is 13.9 Å². The molecule has 1 aliphatic rings. The van der Waals surface area contributed by atoms with Gasteiger partial charge in [0, 0.05) is 25.1 Å². The van der Waals surface area contributed by atoms with E-state index in [1.165, 1.54) is 6.07 Å². The minimum atomic E-state index is -0.307. The molecule has 1 fully saturated rings. The molecule has 5 heteroatoms. The zero-order chi connectivity index (χ0) is 15.2. The van der Waals surface area contributed by atoms with E-state index in [1.54, 1.807) is 12.1 Å². The van der Waals surface area contributed by atoms with Gasteiger partial charge in [-0.25, -0.2) is 4.39 Å². The lowest BCUT2D eigenvalue weighted by atomic mass is 9.85. The van der Waals surface area contributed by atoms with E-state index in [2.05, 4.69) is 35.1 Å². The number of hydrogen-bond donors (Lipinski definition) is 1. The lowest BCUT2D eigenvalue weighted by molar-refractivity contribution is -0.107. The van der Waals surface area contributed by atoms with Gasteiger partial charge < -0.3 is 14.8 Å². The Hall–Kier alpha value is -0.650. The molecule has 0 aromatic heterocycles. The van der Waals surface area contributed by atoms with Crippen LogP contribution in [0.1, 0.15) is 33.1 Å². The highest BCUT2D eigenvalue weighted by atomic mass is 79.9. The zero-order valence-corrected chi connectivity index (χ0v) is 14.2. The molecule has 3 unspecified atom stereocenters. The quantitative estimate of drug-likeness (QED) is 0.763. The molecule has 0 spiro atoms. The van der Waals surface area contributed by atoms with Gasteiger partial charge in [0.15, 0.2) is 0 Å². The van der Waals surface area contributed by atoms with Gasteiger partial charge in [-0.3, -0.25) is 0 Å². The van der Waals surface area contributed by atoms with Crippen LogP contribution in [-0.2, 0) is 4.74 Å². The summed E-state index contributed by atoms with van der Waals surface area (Å²) in [4.78, 5) is 0. The Morgan fingerprint density at radius 3 is 2.81 bits per heavy atom. The normalized spacial score (nSPS) is 24.7. The van der Waals surface area contributed by atoms with Gasteiger partial charge in [0.2, 0.25) is 0 Å². The van der Waals surface area contributed by atoms with Crippen LogP contribution in [-0.4, -0.2) is 31.4 Å². The van der Waals surface area contributed by atoms with Gasteiger partial charge in [0.1, 0.15) is 23.8 Å². The topological polar surface area (TPSA) is 30.5 Å². The van der Waals surface area contributed by atoms with Crippen molar-refractivity contribution in [1.29, 1.82) is 0 Å². The molecule has 0 saturated heterocycles. The first kappa shape index (κ1) is 16.7. The highest BCUT2D eigenvalue weighted by Gasteiger charge is 2.43. The van der Waals surface area contributed by atoms with Crippen molar-refractivity contribution in [2.24, 2.45) is 0 Å². The predicted molar refractivity (Wildman–Crippen MR) is 85.2 cm³/mol. The Kier molecular flexibility index (Phi) is 6.45. The molecule has 3 atom stereocenters. The molecule has 2 rings (SSSR count). The third-order valence-corrected chi connectivity index (χ3v) is 4.24. The third kappa shape index (κ3) is 4.41. The fraction of sp³-hybridized carbons (Fsp3) is 0.625. The summed E-state index contributed by atoms with van der Waals surface area (Å²) < 4.78 is 25.7. The van der Waals surface area contributed by atoms with E-state index in [-0.39, 0.29) is 18.0 Å². The summed E-state index contributed by atoms with van der Waals surface area (Å²) in [5.74, 6) is 0.248. The molecule has 1 saturated carbocycles. The van der Waals surface area contributed by atoms with Crippen molar-refractivity contribution in [2.45, 2.75) is 51.4 Å². The van der Waals surface area contributed by atoms with Crippen molar-refractivity contribution >= 4 is 15.9 Å². The van der Waals surface area contributed by atoms with E-state index < -0.39 is 0 Å². The van der Waals surface area contributed by atoms with Crippen LogP contribution in [0.4, 0.5) is 4.39 Å².